The highest BCUT2D eigenvalue weighted by Crippen LogP contribution is 2.37. The van der Waals surface area contributed by atoms with Crippen molar-refractivity contribution in [3.05, 3.63) is 126 Å². The summed E-state index contributed by atoms with van der Waals surface area (Å²) < 4.78 is 46.5. The zero-order chi connectivity index (χ0) is 32.8. The van der Waals surface area contributed by atoms with Crippen LogP contribution in [0, 0.1) is 0 Å². The molecule has 0 spiro atoms. The van der Waals surface area contributed by atoms with Crippen LogP contribution in [0.1, 0.15) is 54.1 Å². The molecule has 0 bridgehead atoms. The fourth-order valence-electron chi connectivity index (χ4n) is 5.62. The number of nitrogens with one attached hydrogen (secondary N) is 1. The van der Waals surface area contributed by atoms with Crippen molar-refractivity contribution in [2.75, 3.05) is 18.4 Å². The first-order valence-corrected chi connectivity index (χ1v) is 15.4. The van der Waals surface area contributed by atoms with Crippen LogP contribution in [-0.2, 0) is 17.5 Å². The molecular formula is C36H33F3N6O2. The van der Waals surface area contributed by atoms with Gasteiger partial charge in [-0.05, 0) is 55.2 Å². The minimum Gasteiger partial charge on any atom is -0.445 e. The number of benzene rings is 3. The summed E-state index contributed by atoms with van der Waals surface area (Å²) >= 11 is 0. The van der Waals surface area contributed by atoms with Gasteiger partial charge in [-0.1, -0.05) is 72.8 Å². The van der Waals surface area contributed by atoms with E-state index in [1.807, 2.05) is 73.7 Å². The van der Waals surface area contributed by atoms with E-state index in [2.05, 4.69) is 20.5 Å². The number of carbonyl (C=O) groups is 1. The zero-order valence-electron chi connectivity index (χ0n) is 25.7. The van der Waals surface area contributed by atoms with E-state index in [-0.39, 0.29) is 35.9 Å². The first-order chi connectivity index (χ1) is 22.7. The van der Waals surface area contributed by atoms with Crippen LogP contribution in [0.2, 0.25) is 0 Å². The Balaban J connectivity index is 1.26. The van der Waals surface area contributed by atoms with Crippen molar-refractivity contribution in [2.24, 2.45) is 0 Å². The summed E-state index contributed by atoms with van der Waals surface area (Å²) in [6, 6.07) is 27.9. The first kappa shape index (κ1) is 31.7. The summed E-state index contributed by atoms with van der Waals surface area (Å²) in [5.74, 6) is 0.349. The molecule has 1 aliphatic rings. The van der Waals surface area contributed by atoms with Gasteiger partial charge in [0.2, 0.25) is 5.95 Å². The first-order valence-electron chi connectivity index (χ1n) is 15.4. The maximum atomic E-state index is 13.6. The lowest BCUT2D eigenvalue weighted by Crippen LogP contribution is -2.38. The summed E-state index contributed by atoms with van der Waals surface area (Å²) in [6.07, 6.45) is -2.02. The molecule has 3 aromatic carbocycles. The van der Waals surface area contributed by atoms with Crippen LogP contribution in [0.15, 0.2) is 103 Å². The fourth-order valence-corrected chi connectivity index (χ4v) is 5.62. The fraction of sp³-hybridized carbons (Fsp3) is 0.250. The molecule has 1 unspecified atom stereocenters. The van der Waals surface area contributed by atoms with Gasteiger partial charge in [-0.25, -0.2) is 14.8 Å². The Kier molecular flexibility index (Phi) is 9.42. The molecule has 1 fully saturated rings. The molecule has 1 amide bonds. The molecule has 6 rings (SSSR count). The largest absolute Gasteiger partial charge is 0.445 e. The van der Waals surface area contributed by atoms with Crippen LogP contribution < -0.4 is 5.32 Å². The monoisotopic (exact) mass is 638 g/mol. The summed E-state index contributed by atoms with van der Waals surface area (Å²) in [6.45, 7) is 3.15. The average molecular weight is 639 g/mol. The molecule has 2 aromatic heterocycles. The van der Waals surface area contributed by atoms with Crippen LogP contribution in [0.3, 0.4) is 0 Å². The Labute approximate surface area is 270 Å². The van der Waals surface area contributed by atoms with Gasteiger partial charge in [-0.15, -0.1) is 5.10 Å². The van der Waals surface area contributed by atoms with Crippen LogP contribution in [0.5, 0.6) is 0 Å². The number of rotatable bonds is 8. The van der Waals surface area contributed by atoms with Gasteiger partial charge in [0.05, 0.1) is 23.0 Å². The third-order valence-electron chi connectivity index (χ3n) is 8.23. The minimum absolute atomic E-state index is 0.0208. The van der Waals surface area contributed by atoms with Gasteiger partial charge in [-0.2, -0.15) is 18.3 Å². The number of ether oxygens (including phenoxy) is 1. The number of carbonyl (C=O) groups excluding carboxylic acids is 1. The second-order valence-electron chi connectivity index (χ2n) is 11.5. The summed E-state index contributed by atoms with van der Waals surface area (Å²) in [5, 5.41) is 12.3. The van der Waals surface area contributed by atoms with Gasteiger partial charge in [-0.3, -0.25) is 0 Å². The normalized spacial score (nSPS) is 14.4. The number of hydrogen-bond acceptors (Lipinski definition) is 7. The molecule has 5 aromatic rings. The lowest BCUT2D eigenvalue weighted by molar-refractivity contribution is -0.137. The third-order valence-corrected chi connectivity index (χ3v) is 8.23. The molecule has 0 saturated carbocycles. The average Bonchev–Trinajstić information content (AvgIpc) is 3.11. The third kappa shape index (κ3) is 7.74. The SMILES string of the molecule is CC(Nc1nccc(-c2cc(C3CCN(C(=O)OCc4ccccc4)CC3)nnc2-c2cccc(C(F)(F)F)c2)n1)c1ccccc1. The van der Waals surface area contributed by atoms with Crippen LogP contribution in [0.4, 0.5) is 23.9 Å². The lowest BCUT2D eigenvalue weighted by atomic mass is 9.91. The molecule has 1 atom stereocenters. The van der Waals surface area contributed by atoms with Crippen molar-refractivity contribution in [3.63, 3.8) is 0 Å². The number of likely N-dealkylation sites (tertiary alicyclic amines) is 1. The quantitative estimate of drug-likeness (QED) is 0.183. The molecule has 1 aliphatic heterocycles. The maximum absolute atomic E-state index is 13.6. The molecule has 0 radical (unpaired) electrons. The Morgan fingerprint density at radius 3 is 2.38 bits per heavy atom. The Hall–Kier alpha value is -5.32. The molecule has 240 valence electrons. The Morgan fingerprint density at radius 2 is 1.66 bits per heavy atom. The molecule has 47 heavy (non-hydrogen) atoms. The van der Waals surface area contributed by atoms with Crippen molar-refractivity contribution in [1.29, 1.82) is 0 Å². The van der Waals surface area contributed by atoms with Crippen LogP contribution in [0.25, 0.3) is 22.5 Å². The second kappa shape index (κ2) is 14.0. The number of aromatic nitrogens is 4. The lowest BCUT2D eigenvalue weighted by Gasteiger charge is -2.31. The summed E-state index contributed by atoms with van der Waals surface area (Å²) in [5.41, 5.74) is 3.45. The van der Waals surface area contributed by atoms with Gasteiger partial charge in [0.1, 0.15) is 12.3 Å². The standard InChI is InChI=1S/C36H33F3N6O2/c1-24(26-11-6-3-7-12-26)41-34-40-18-15-31(42-34)30-22-32(43-44-33(30)28-13-8-14-29(21-28)36(37,38)39)27-16-19-45(20-17-27)35(46)47-23-25-9-4-2-5-10-25/h2-15,18,21-22,24,27H,16-17,19-20,23H2,1H3,(H,40,41,42). The van der Waals surface area contributed by atoms with E-state index in [9.17, 15) is 18.0 Å². The minimum atomic E-state index is -4.51. The summed E-state index contributed by atoms with van der Waals surface area (Å²) in [4.78, 5) is 23.6. The van der Waals surface area contributed by atoms with E-state index in [4.69, 9.17) is 9.72 Å². The molecule has 0 aliphatic carbocycles. The van der Waals surface area contributed by atoms with E-state index >= 15 is 0 Å². The van der Waals surface area contributed by atoms with Gasteiger partial charge >= 0.3 is 12.3 Å². The predicted octanol–water partition coefficient (Wildman–Crippen LogP) is 8.31. The number of amides is 1. The Morgan fingerprint density at radius 1 is 0.936 bits per heavy atom. The highest BCUT2D eigenvalue weighted by Gasteiger charge is 2.31. The van der Waals surface area contributed by atoms with E-state index in [1.54, 1.807) is 23.2 Å². The molecule has 11 heteroatoms. The number of hydrogen-bond donors (Lipinski definition) is 1. The molecule has 1 saturated heterocycles. The van der Waals surface area contributed by atoms with Crippen molar-refractivity contribution in [1.82, 2.24) is 25.1 Å². The number of alkyl halides is 3. The van der Waals surface area contributed by atoms with E-state index in [0.717, 1.165) is 23.3 Å². The summed E-state index contributed by atoms with van der Waals surface area (Å²) in [7, 11) is 0. The maximum Gasteiger partial charge on any atom is 0.416 e. The topological polar surface area (TPSA) is 93.1 Å². The zero-order valence-corrected chi connectivity index (χ0v) is 25.7. The smallest absolute Gasteiger partial charge is 0.416 e. The van der Waals surface area contributed by atoms with Crippen LogP contribution >= 0.6 is 0 Å². The molecule has 8 nitrogen and oxygen atoms in total. The van der Waals surface area contributed by atoms with Gasteiger partial charge in [0, 0.05) is 36.3 Å². The van der Waals surface area contributed by atoms with Gasteiger partial charge in [0.25, 0.3) is 0 Å². The highest BCUT2D eigenvalue weighted by molar-refractivity contribution is 5.79. The predicted molar refractivity (Wildman–Crippen MR) is 172 cm³/mol. The van der Waals surface area contributed by atoms with E-state index in [0.29, 0.717) is 48.8 Å². The van der Waals surface area contributed by atoms with E-state index < -0.39 is 11.7 Å². The molecular weight excluding hydrogens is 605 g/mol. The van der Waals surface area contributed by atoms with Crippen molar-refractivity contribution < 1.29 is 22.7 Å². The van der Waals surface area contributed by atoms with Gasteiger partial charge in [0.15, 0.2) is 0 Å². The van der Waals surface area contributed by atoms with E-state index in [1.165, 1.54) is 6.07 Å². The number of piperidine rings is 1. The molecule has 3 heterocycles. The number of anilines is 1. The van der Waals surface area contributed by atoms with Crippen molar-refractivity contribution in [2.45, 2.75) is 44.5 Å². The number of nitrogens with zero attached hydrogens (tertiary/aromatic N) is 5. The highest BCUT2D eigenvalue weighted by atomic mass is 19.4. The van der Waals surface area contributed by atoms with Crippen molar-refractivity contribution >= 4 is 12.0 Å². The molecule has 1 N–H and O–H groups in total. The van der Waals surface area contributed by atoms with Gasteiger partial charge < -0.3 is 15.0 Å². The second-order valence-corrected chi connectivity index (χ2v) is 11.5. The van der Waals surface area contributed by atoms with Crippen LogP contribution in [-0.4, -0.2) is 44.2 Å². The Bertz CT molecular complexity index is 1810. The van der Waals surface area contributed by atoms with Crippen molar-refractivity contribution in [3.8, 4) is 22.5 Å². The number of halogens is 3.